The predicted molar refractivity (Wildman–Crippen MR) is 214 cm³/mol. The highest BCUT2D eigenvalue weighted by atomic mass is 35.5. The molecule has 3 aliphatic heterocycles. The van der Waals surface area contributed by atoms with Crippen molar-refractivity contribution in [2.24, 2.45) is 0 Å². The van der Waals surface area contributed by atoms with Gasteiger partial charge in [-0.2, -0.15) is 4.98 Å². The van der Waals surface area contributed by atoms with Crippen LogP contribution in [0.5, 0.6) is 11.5 Å². The summed E-state index contributed by atoms with van der Waals surface area (Å²) in [4.78, 5) is 75.4. The SMILES string of the molecule is COc1cc(N2CCC(NC(=O)COc3cccc4c3C(=O)N(C3CCC(=O)NC3=O)C4=O)CC2)ccc1Nc1ncc(Cl)c(Nc2ccccc2P(C)(C)=O)n1. The second-order valence-electron chi connectivity index (χ2n) is 14.1. The maximum atomic E-state index is 13.3. The molecule has 2 saturated heterocycles. The lowest BCUT2D eigenvalue weighted by molar-refractivity contribution is -0.136. The fourth-order valence-electron chi connectivity index (χ4n) is 7.09. The average molecular weight is 815 g/mol. The zero-order chi connectivity index (χ0) is 40.4. The lowest BCUT2D eigenvalue weighted by Gasteiger charge is -2.34. The van der Waals surface area contributed by atoms with Crippen LogP contribution in [-0.2, 0) is 18.9 Å². The van der Waals surface area contributed by atoms with Crippen molar-refractivity contribution in [3.63, 3.8) is 0 Å². The number of para-hydroxylation sites is 1. The Hall–Kier alpha value is -5.99. The van der Waals surface area contributed by atoms with Gasteiger partial charge in [-0.3, -0.25) is 34.2 Å². The Morgan fingerprint density at radius 3 is 2.46 bits per heavy atom. The molecule has 0 spiro atoms. The number of fused-ring (bicyclic) bond motifs is 1. The van der Waals surface area contributed by atoms with Gasteiger partial charge in [-0.1, -0.05) is 29.8 Å². The number of piperidine rings is 2. The van der Waals surface area contributed by atoms with Gasteiger partial charge in [-0.25, -0.2) is 4.98 Å². The van der Waals surface area contributed by atoms with Gasteiger partial charge in [0.25, 0.3) is 17.7 Å². The van der Waals surface area contributed by atoms with E-state index >= 15 is 0 Å². The summed E-state index contributed by atoms with van der Waals surface area (Å²) >= 11 is 6.44. The van der Waals surface area contributed by atoms with Crippen LogP contribution in [0, 0.1) is 0 Å². The van der Waals surface area contributed by atoms with E-state index in [-0.39, 0.29) is 54.2 Å². The molecule has 1 aromatic heterocycles. The van der Waals surface area contributed by atoms with Crippen molar-refractivity contribution in [2.75, 3.05) is 55.7 Å². The number of benzene rings is 3. The lowest BCUT2D eigenvalue weighted by atomic mass is 10.0. The van der Waals surface area contributed by atoms with Crippen LogP contribution in [0.25, 0.3) is 0 Å². The molecule has 1 unspecified atom stereocenters. The number of methoxy groups -OCH3 is 1. The zero-order valence-electron chi connectivity index (χ0n) is 31.3. The highest BCUT2D eigenvalue weighted by Crippen LogP contribution is 2.39. The Bertz CT molecular complexity index is 2330. The molecule has 0 radical (unpaired) electrons. The summed E-state index contributed by atoms with van der Waals surface area (Å²) in [5.74, 6) is -1.68. The van der Waals surface area contributed by atoms with Gasteiger partial charge < -0.3 is 34.9 Å². The smallest absolute Gasteiger partial charge is 0.266 e. The minimum absolute atomic E-state index is 0.00732. The van der Waals surface area contributed by atoms with Crippen molar-refractivity contribution in [1.82, 2.24) is 25.5 Å². The third-order valence-corrected chi connectivity index (χ3v) is 11.8. The van der Waals surface area contributed by atoms with E-state index in [1.807, 2.05) is 42.5 Å². The van der Waals surface area contributed by atoms with Gasteiger partial charge >= 0.3 is 0 Å². The Balaban J connectivity index is 0.931. The maximum Gasteiger partial charge on any atom is 0.266 e. The molecule has 18 heteroatoms. The molecule has 7 rings (SSSR count). The van der Waals surface area contributed by atoms with E-state index < -0.39 is 36.8 Å². The number of amides is 5. The molecule has 296 valence electrons. The molecule has 3 aromatic carbocycles. The number of carbonyl (C=O) groups excluding carboxylic acids is 5. The van der Waals surface area contributed by atoms with Crippen molar-refractivity contribution in [3.8, 4) is 11.5 Å². The van der Waals surface area contributed by atoms with E-state index in [9.17, 15) is 28.5 Å². The van der Waals surface area contributed by atoms with Crippen LogP contribution in [0.3, 0.4) is 0 Å². The first kappa shape index (κ1) is 39.3. The second-order valence-corrected chi connectivity index (χ2v) is 17.7. The zero-order valence-corrected chi connectivity index (χ0v) is 33.0. The summed E-state index contributed by atoms with van der Waals surface area (Å²) in [6.07, 6.45) is 2.83. The van der Waals surface area contributed by atoms with Gasteiger partial charge in [0.1, 0.15) is 29.7 Å². The van der Waals surface area contributed by atoms with Crippen LogP contribution in [0.1, 0.15) is 46.4 Å². The molecule has 1 atom stereocenters. The van der Waals surface area contributed by atoms with E-state index in [2.05, 4.69) is 36.1 Å². The molecule has 4 N–H and O–H groups in total. The van der Waals surface area contributed by atoms with Crippen LogP contribution < -0.4 is 40.9 Å². The standard InChI is InChI=1S/C39H40ClN8O8P/c1-55-30-19-23(11-12-26(30)44-39-41-20-25(40)35(46-39)43-27-8-4-5-10-31(27)57(2,3)54)47-17-15-22(16-18-47)42-33(50)21-56-29-9-6-7-24-34(29)38(53)48(37(24)52)28-13-14-32(49)45-36(28)51/h4-12,19-20,22,28H,13-18,21H2,1-3H3,(H,42,50)(H,45,49,51)(H2,41,43,44,46). The van der Waals surface area contributed by atoms with Crippen LogP contribution in [0.4, 0.5) is 28.8 Å². The molecule has 2 fully saturated rings. The Labute approximate surface area is 333 Å². The summed E-state index contributed by atoms with van der Waals surface area (Å²) in [6.45, 7) is 4.32. The number of rotatable bonds is 12. The summed E-state index contributed by atoms with van der Waals surface area (Å²) in [7, 11) is -1.01. The largest absolute Gasteiger partial charge is 0.494 e. The topological polar surface area (TPSA) is 201 Å². The molecular formula is C39H40ClN8O8P. The van der Waals surface area contributed by atoms with E-state index in [4.69, 9.17) is 21.1 Å². The molecule has 4 aromatic rings. The summed E-state index contributed by atoms with van der Waals surface area (Å²) in [5, 5.41) is 12.5. The number of hydrogen-bond acceptors (Lipinski definition) is 13. The number of ether oxygens (including phenoxy) is 2. The quantitative estimate of drug-likeness (QED) is 0.116. The number of halogens is 1. The summed E-state index contributed by atoms with van der Waals surface area (Å²) in [5.41, 5.74) is 2.25. The maximum absolute atomic E-state index is 13.3. The highest BCUT2D eigenvalue weighted by Gasteiger charge is 2.46. The predicted octanol–water partition coefficient (Wildman–Crippen LogP) is 4.44. The van der Waals surface area contributed by atoms with Crippen molar-refractivity contribution < 1.29 is 38.0 Å². The molecule has 57 heavy (non-hydrogen) atoms. The van der Waals surface area contributed by atoms with E-state index in [0.29, 0.717) is 59.2 Å². The van der Waals surface area contributed by atoms with E-state index in [1.165, 1.54) is 18.3 Å². The van der Waals surface area contributed by atoms with Gasteiger partial charge in [0, 0.05) is 42.6 Å². The van der Waals surface area contributed by atoms with Crippen molar-refractivity contribution >= 4 is 82.4 Å². The van der Waals surface area contributed by atoms with Crippen molar-refractivity contribution in [2.45, 2.75) is 37.8 Å². The number of carbonyl (C=O) groups is 5. The number of hydrogen-bond donors (Lipinski definition) is 4. The number of nitrogens with one attached hydrogen (secondary N) is 4. The first-order valence-electron chi connectivity index (χ1n) is 18.2. The fourth-order valence-corrected chi connectivity index (χ4v) is 8.38. The summed E-state index contributed by atoms with van der Waals surface area (Å²) < 4.78 is 24.3. The summed E-state index contributed by atoms with van der Waals surface area (Å²) in [6, 6.07) is 16.3. The number of nitrogens with zero attached hydrogens (tertiary/aromatic N) is 4. The van der Waals surface area contributed by atoms with Crippen LogP contribution in [0.15, 0.2) is 66.9 Å². The van der Waals surface area contributed by atoms with Crippen molar-refractivity contribution in [1.29, 1.82) is 0 Å². The average Bonchev–Trinajstić information content (AvgIpc) is 3.44. The Morgan fingerprint density at radius 2 is 1.72 bits per heavy atom. The minimum Gasteiger partial charge on any atom is -0.494 e. The number of imide groups is 2. The van der Waals surface area contributed by atoms with Crippen LogP contribution in [0.2, 0.25) is 5.02 Å². The van der Waals surface area contributed by atoms with Gasteiger partial charge in [0.05, 0.1) is 35.8 Å². The molecule has 16 nitrogen and oxygen atoms in total. The van der Waals surface area contributed by atoms with Gasteiger partial charge in [-0.05, 0) is 69.0 Å². The molecule has 4 heterocycles. The van der Waals surface area contributed by atoms with Gasteiger partial charge in [-0.15, -0.1) is 0 Å². The molecule has 0 saturated carbocycles. The number of anilines is 5. The molecular weight excluding hydrogens is 775 g/mol. The second kappa shape index (κ2) is 16.2. The molecule has 0 aliphatic carbocycles. The van der Waals surface area contributed by atoms with Crippen LogP contribution >= 0.6 is 18.7 Å². The number of aromatic nitrogens is 2. The van der Waals surface area contributed by atoms with E-state index in [0.717, 1.165) is 10.6 Å². The third kappa shape index (κ3) is 8.42. The van der Waals surface area contributed by atoms with E-state index in [1.54, 1.807) is 26.5 Å². The van der Waals surface area contributed by atoms with Gasteiger partial charge in [0.15, 0.2) is 12.4 Å². The molecule has 0 bridgehead atoms. The molecule has 5 amide bonds. The molecule has 3 aliphatic rings. The van der Waals surface area contributed by atoms with Crippen molar-refractivity contribution in [3.05, 3.63) is 83.0 Å². The third-order valence-electron chi connectivity index (χ3n) is 9.93. The fraction of sp³-hybridized carbons (Fsp3) is 0.308. The Morgan fingerprint density at radius 1 is 0.947 bits per heavy atom. The van der Waals surface area contributed by atoms with Crippen LogP contribution in [-0.4, -0.2) is 96.6 Å². The lowest BCUT2D eigenvalue weighted by Crippen LogP contribution is -2.54. The van der Waals surface area contributed by atoms with Gasteiger partial charge in [0.2, 0.25) is 17.8 Å². The monoisotopic (exact) mass is 814 g/mol. The normalized spacial score (nSPS) is 17.2. The first-order chi connectivity index (χ1) is 27.3. The minimum atomic E-state index is -2.58. The first-order valence-corrected chi connectivity index (χ1v) is 21.2. The Kier molecular flexibility index (Phi) is 11.2. The highest BCUT2D eigenvalue weighted by molar-refractivity contribution is 7.70.